The topological polar surface area (TPSA) is 33.0 Å². The fourth-order valence-electron chi connectivity index (χ4n) is 6.80. The molecule has 1 unspecified atom stereocenters. The van der Waals surface area contributed by atoms with Crippen LogP contribution in [0.25, 0.3) is 11.1 Å². The lowest BCUT2D eigenvalue weighted by Gasteiger charge is -2.29. The molecule has 0 spiro atoms. The van der Waals surface area contributed by atoms with E-state index in [1.807, 2.05) is 0 Å². The average molecular weight is 572 g/mol. The van der Waals surface area contributed by atoms with E-state index in [-0.39, 0.29) is 5.92 Å². The summed E-state index contributed by atoms with van der Waals surface area (Å²) in [6, 6.07) is 20.2. The van der Waals surface area contributed by atoms with Crippen molar-refractivity contribution in [2.75, 3.05) is 6.61 Å². The van der Waals surface area contributed by atoms with Gasteiger partial charge in [0.2, 0.25) is 0 Å². The molecule has 3 rings (SSSR count). The van der Waals surface area contributed by atoms with Gasteiger partial charge in [0.05, 0.1) is 12.7 Å². The van der Waals surface area contributed by atoms with Gasteiger partial charge >= 0.3 is 0 Å². The Morgan fingerprint density at radius 3 is 1.79 bits per heavy atom. The first-order valence-electron chi connectivity index (χ1n) is 17.9. The van der Waals surface area contributed by atoms with E-state index in [0.717, 1.165) is 49.9 Å². The average Bonchev–Trinajstić information content (AvgIpc) is 3.03. The zero-order valence-electron chi connectivity index (χ0n) is 27.3. The second kappa shape index (κ2) is 21.4. The minimum Gasteiger partial charge on any atom is -0.494 e. The van der Waals surface area contributed by atoms with Gasteiger partial charge in [0, 0.05) is 5.92 Å². The number of unbranched alkanes of at least 4 members (excludes halogenated alkanes) is 11. The molecule has 0 aromatic heterocycles. The minimum atomic E-state index is 0.193. The first-order valence-corrected chi connectivity index (χ1v) is 17.9. The number of nitrogens with zero attached hydrogens (tertiary/aromatic N) is 1. The molecule has 0 bridgehead atoms. The molecule has 0 radical (unpaired) electrons. The predicted octanol–water partition coefficient (Wildman–Crippen LogP) is 12.5. The van der Waals surface area contributed by atoms with Crippen LogP contribution in [0.2, 0.25) is 0 Å². The summed E-state index contributed by atoms with van der Waals surface area (Å²) in [5.74, 6) is 2.88. The molecule has 2 aromatic rings. The maximum absolute atomic E-state index is 9.86. The lowest BCUT2D eigenvalue weighted by Crippen LogP contribution is -2.17. The molecule has 0 N–H and O–H groups in total. The van der Waals surface area contributed by atoms with Crippen molar-refractivity contribution in [3.63, 3.8) is 0 Å². The zero-order chi connectivity index (χ0) is 29.7. The second-order valence-electron chi connectivity index (χ2n) is 13.2. The quantitative estimate of drug-likeness (QED) is 0.132. The van der Waals surface area contributed by atoms with Crippen LogP contribution in [-0.4, -0.2) is 6.61 Å². The van der Waals surface area contributed by atoms with Crippen molar-refractivity contribution >= 4 is 0 Å². The van der Waals surface area contributed by atoms with E-state index < -0.39 is 0 Å². The Morgan fingerprint density at radius 2 is 1.19 bits per heavy atom. The molecule has 1 aliphatic carbocycles. The van der Waals surface area contributed by atoms with Crippen molar-refractivity contribution in [1.82, 2.24) is 0 Å². The summed E-state index contributed by atoms with van der Waals surface area (Å²) in [4.78, 5) is 0. The molecule has 0 heterocycles. The Kier molecular flexibility index (Phi) is 17.5. The largest absolute Gasteiger partial charge is 0.494 e. The number of hydrogen-bond donors (Lipinski definition) is 0. The highest BCUT2D eigenvalue weighted by atomic mass is 16.5. The van der Waals surface area contributed by atoms with Crippen molar-refractivity contribution in [3.05, 3.63) is 54.1 Å². The van der Waals surface area contributed by atoms with Gasteiger partial charge in [-0.3, -0.25) is 0 Å². The third-order valence-corrected chi connectivity index (χ3v) is 9.67. The van der Waals surface area contributed by atoms with Gasteiger partial charge in [-0.1, -0.05) is 159 Å². The second-order valence-corrected chi connectivity index (χ2v) is 13.2. The summed E-state index contributed by atoms with van der Waals surface area (Å²) in [5.41, 5.74) is 3.82. The molecule has 0 saturated heterocycles. The minimum absolute atomic E-state index is 0.193. The molecule has 0 amide bonds. The van der Waals surface area contributed by atoms with Crippen LogP contribution < -0.4 is 4.74 Å². The fourth-order valence-corrected chi connectivity index (χ4v) is 6.80. The molecule has 1 atom stereocenters. The van der Waals surface area contributed by atoms with E-state index in [2.05, 4.69) is 68.4 Å². The highest BCUT2D eigenvalue weighted by Gasteiger charge is 2.23. The van der Waals surface area contributed by atoms with E-state index in [9.17, 15) is 5.26 Å². The van der Waals surface area contributed by atoms with E-state index in [4.69, 9.17) is 4.74 Å². The maximum Gasteiger partial charge on any atom is 0.119 e. The molecule has 42 heavy (non-hydrogen) atoms. The Bertz CT molecular complexity index is 964. The zero-order valence-corrected chi connectivity index (χ0v) is 27.3. The van der Waals surface area contributed by atoms with Crippen molar-refractivity contribution in [2.24, 2.45) is 17.8 Å². The third kappa shape index (κ3) is 13.8. The summed E-state index contributed by atoms with van der Waals surface area (Å²) < 4.78 is 5.99. The van der Waals surface area contributed by atoms with E-state index in [1.54, 1.807) is 0 Å². The predicted molar refractivity (Wildman–Crippen MR) is 181 cm³/mol. The van der Waals surface area contributed by atoms with Crippen LogP contribution in [0.3, 0.4) is 0 Å². The molecule has 1 fully saturated rings. The number of nitriles is 1. The molecule has 2 aromatic carbocycles. The Balaban J connectivity index is 1.30. The lowest BCUT2D eigenvalue weighted by molar-refractivity contribution is 0.233. The SMILES string of the molecule is CCCCCCCCCCOc1ccc(-c2ccc(CCC(C#N)C[C@H]3CC[C@H](CCCCCCC)CC3)cc2)cc1. The van der Waals surface area contributed by atoms with Gasteiger partial charge < -0.3 is 4.74 Å². The molecule has 232 valence electrons. The number of benzene rings is 2. The van der Waals surface area contributed by atoms with Gasteiger partial charge in [-0.05, 0) is 66.3 Å². The number of ether oxygens (including phenoxy) is 1. The van der Waals surface area contributed by atoms with Gasteiger partial charge in [0.1, 0.15) is 5.75 Å². The number of rotatable bonds is 22. The molecule has 2 nitrogen and oxygen atoms in total. The van der Waals surface area contributed by atoms with E-state index in [0.29, 0.717) is 0 Å². The van der Waals surface area contributed by atoms with Crippen molar-refractivity contribution in [1.29, 1.82) is 5.26 Å². The Hall–Kier alpha value is -2.27. The molecular weight excluding hydrogens is 510 g/mol. The smallest absolute Gasteiger partial charge is 0.119 e. The summed E-state index contributed by atoms with van der Waals surface area (Å²) in [5, 5.41) is 9.86. The molecule has 1 saturated carbocycles. The van der Waals surface area contributed by atoms with Crippen molar-refractivity contribution in [3.8, 4) is 22.9 Å². The summed E-state index contributed by atoms with van der Waals surface area (Å²) >= 11 is 0. The van der Waals surface area contributed by atoms with Crippen molar-refractivity contribution < 1.29 is 4.74 Å². The van der Waals surface area contributed by atoms with Crippen LogP contribution in [0.15, 0.2) is 48.5 Å². The van der Waals surface area contributed by atoms with Crippen molar-refractivity contribution in [2.45, 2.75) is 149 Å². The van der Waals surface area contributed by atoms with Crippen LogP contribution in [0.4, 0.5) is 0 Å². The van der Waals surface area contributed by atoms with Gasteiger partial charge in [-0.25, -0.2) is 0 Å². The molecule has 2 heteroatoms. The molecule has 1 aliphatic rings. The first kappa shape index (κ1) is 34.2. The molecule has 0 aliphatic heterocycles. The number of aryl methyl sites for hydroxylation is 1. The van der Waals surface area contributed by atoms with Crippen LogP contribution in [0.1, 0.15) is 148 Å². The third-order valence-electron chi connectivity index (χ3n) is 9.67. The fraction of sp³-hybridized carbons (Fsp3) is 0.675. The van der Waals surface area contributed by atoms with Gasteiger partial charge in [0.25, 0.3) is 0 Å². The molecular formula is C40H61NO. The maximum atomic E-state index is 9.86. The summed E-state index contributed by atoms with van der Waals surface area (Å²) in [6.45, 7) is 5.38. The van der Waals surface area contributed by atoms with E-state index >= 15 is 0 Å². The Labute approximate surface area is 259 Å². The van der Waals surface area contributed by atoms with Gasteiger partial charge in [0.15, 0.2) is 0 Å². The summed E-state index contributed by atoms with van der Waals surface area (Å²) in [6.07, 6.45) is 27.6. The normalized spacial score (nSPS) is 17.5. The van der Waals surface area contributed by atoms with Crippen LogP contribution in [-0.2, 0) is 6.42 Å². The van der Waals surface area contributed by atoms with Gasteiger partial charge in [-0.15, -0.1) is 0 Å². The monoisotopic (exact) mass is 571 g/mol. The van der Waals surface area contributed by atoms with Crippen LogP contribution >= 0.6 is 0 Å². The standard InChI is InChI=1S/C40H61NO/c1-3-5-7-9-10-11-13-15-31-42-40-29-27-39(28-30-40)38-25-23-35(24-26-38)19-22-37(33-41)32-36-20-17-34(18-21-36)16-14-12-8-6-4-2/h23-30,34,36-37H,3-22,31-32H2,1-2H3/t34-,36-,37?. The lowest BCUT2D eigenvalue weighted by atomic mass is 9.76. The Morgan fingerprint density at radius 1 is 0.667 bits per heavy atom. The first-order chi connectivity index (χ1) is 20.7. The highest BCUT2D eigenvalue weighted by Crippen LogP contribution is 2.36. The summed E-state index contributed by atoms with van der Waals surface area (Å²) in [7, 11) is 0. The highest BCUT2D eigenvalue weighted by molar-refractivity contribution is 5.64. The van der Waals surface area contributed by atoms with Gasteiger partial charge in [-0.2, -0.15) is 5.26 Å². The number of hydrogen-bond acceptors (Lipinski definition) is 2. The van der Waals surface area contributed by atoms with Crippen LogP contribution in [0, 0.1) is 29.1 Å². The van der Waals surface area contributed by atoms with E-state index in [1.165, 1.54) is 126 Å². The van der Waals surface area contributed by atoms with Crippen LogP contribution in [0.5, 0.6) is 5.75 Å².